The van der Waals surface area contributed by atoms with Gasteiger partial charge in [0.05, 0.1) is 6.61 Å². The molecule has 1 unspecified atom stereocenters. The van der Waals surface area contributed by atoms with Gasteiger partial charge in [0, 0.05) is 24.9 Å². The highest BCUT2D eigenvalue weighted by atomic mass is 16.5. The van der Waals surface area contributed by atoms with Crippen LogP contribution in [0.25, 0.3) is 10.8 Å². The fourth-order valence-corrected chi connectivity index (χ4v) is 2.13. The molecule has 0 aliphatic heterocycles. The molecule has 0 radical (unpaired) electrons. The van der Waals surface area contributed by atoms with Crippen molar-refractivity contribution in [1.82, 2.24) is 4.98 Å². The second kappa shape index (κ2) is 4.82. The molecule has 0 saturated heterocycles. The average Bonchev–Trinajstić information content (AvgIpc) is 2.38. The van der Waals surface area contributed by atoms with Crippen LogP contribution >= 0.6 is 0 Å². The second-order valence-electron chi connectivity index (χ2n) is 4.22. The van der Waals surface area contributed by atoms with E-state index in [-0.39, 0.29) is 6.61 Å². The van der Waals surface area contributed by atoms with Gasteiger partial charge in [-0.1, -0.05) is 25.1 Å². The third-order valence-corrected chi connectivity index (χ3v) is 3.15. The largest absolute Gasteiger partial charge is 0.383 e. The molecule has 2 aromatic rings. The Morgan fingerprint density at radius 2 is 2.18 bits per heavy atom. The molecule has 17 heavy (non-hydrogen) atoms. The number of pyridine rings is 1. The second-order valence-corrected chi connectivity index (χ2v) is 4.22. The van der Waals surface area contributed by atoms with Gasteiger partial charge in [-0.2, -0.15) is 0 Å². The number of aliphatic hydroxyl groups is 1. The molecule has 1 aromatic carbocycles. The van der Waals surface area contributed by atoms with Crippen molar-refractivity contribution in [2.75, 3.05) is 13.7 Å². The van der Waals surface area contributed by atoms with E-state index < -0.39 is 5.60 Å². The first-order valence-electron chi connectivity index (χ1n) is 5.76. The van der Waals surface area contributed by atoms with Gasteiger partial charge in [0.2, 0.25) is 0 Å². The summed E-state index contributed by atoms with van der Waals surface area (Å²) in [4.78, 5) is 4.13. The summed E-state index contributed by atoms with van der Waals surface area (Å²) in [6, 6.07) is 7.85. The minimum absolute atomic E-state index is 0.289. The van der Waals surface area contributed by atoms with E-state index in [4.69, 9.17) is 4.74 Å². The Kier molecular flexibility index (Phi) is 3.41. The minimum atomic E-state index is -0.947. The van der Waals surface area contributed by atoms with Crippen molar-refractivity contribution < 1.29 is 9.84 Å². The minimum Gasteiger partial charge on any atom is -0.383 e. The predicted octanol–water partition coefficient (Wildman–Crippen LogP) is 2.48. The van der Waals surface area contributed by atoms with E-state index in [0.29, 0.717) is 6.42 Å². The predicted molar refractivity (Wildman–Crippen MR) is 67.8 cm³/mol. The van der Waals surface area contributed by atoms with Crippen LogP contribution in [0.5, 0.6) is 0 Å². The summed E-state index contributed by atoms with van der Waals surface area (Å²) in [6.07, 6.45) is 4.16. The molecule has 0 amide bonds. The molecular formula is C14H17NO2. The Morgan fingerprint density at radius 1 is 1.35 bits per heavy atom. The SMILES string of the molecule is CCC(O)(COC)c1cccc2ccncc12. The van der Waals surface area contributed by atoms with Crippen LogP contribution in [-0.2, 0) is 10.3 Å². The Labute approximate surface area is 101 Å². The molecule has 3 heteroatoms. The zero-order valence-corrected chi connectivity index (χ0v) is 10.2. The molecule has 0 aliphatic carbocycles. The topological polar surface area (TPSA) is 42.4 Å². The lowest BCUT2D eigenvalue weighted by Crippen LogP contribution is -2.30. The van der Waals surface area contributed by atoms with Crippen LogP contribution in [0.15, 0.2) is 36.7 Å². The first kappa shape index (κ1) is 12.0. The average molecular weight is 231 g/mol. The third-order valence-electron chi connectivity index (χ3n) is 3.15. The summed E-state index contributed by atoms with van der Waals surface area (Å²) < 4.78 is 5.13. The molecule has 90 valence electrons. The van der Waals surface area contributed by atoms with Crippen LogP contribution < -0.4 is 0 Å². The summed E-state index contributed by atoms with van der Waals surface area (Å²) in [7, 11) is 1.60. The number of fused-ring (bicyclic) bond motifs is 1. The molecule has 2 rings (SSSR count). The molecule has 1 aromatic heterocycles. The van der Waals surface area contributed by atoms with Crippen LogP contribution in [0.2, 0.25) is 0 Å². The van der Waals surface area contributed by atoms with E-state index in [1.165, 1.54) is 0 Å². The number of benzene rings is 1. The lowest BCUT2D eigenvalue weighted by molar-refractivity contribution is -0.0375. The number of nitrogens with zero attached hydrogens (tertiary/aromatic N) is 1. The molecule has 0 spiro atoms. The maximum atomic E-state index is 10.6. The lowest BCUT2D eigenvalue weighted by atomic mass is 9.88. The molecule has 1 heterocycles. The molecule has 0 bridgehead atoms. The number of hydrogen-bond donors (Lipinski definition) is 1. The Balaban J connectivity index is 2.61. The summed E-state index contributed by atoms with van der Waals surface area (Å²) in [5.41, 5.74) is -0.0652. The highest BCUT2D eigenvalue weighted by molar-refractivity contribution is 5.85. The lowest BCUT2D eigenvalue weighted by Gasteiger charge is -2.27. The van der Waals surface area contributed by atoms with E-state index >= 15 is 0 Å². The van der Waals surface area contributed by atoms with Gasteiger partial charge in [-0.25, -0.2) is 0 Å². The van der Waals surface area contributed by atoms with Crippen LogP contribution in [0.4, 0.5) is 0 Å². The molecule has 0 fully saturated rings. The fraction of sp³-hybridized carbons (Fsp3) is 0.357. The molecule has 1 atom stereocenters. The summed E-state index contributed by atoms with van der Waals surface area (Å²) >= 11 is 0. The van der Waals surface area contributed by atoms with E-state index in [1.54, 1.807) is 19.5 Å². The first-order valence-corrected chi connectivity index (χ1v) is 5.76. The van der Waals surface area contributed by atoms with Crippen molar-refractivity contribution >= 4 is 10.8 Å². The summed E-state index contributed by atoms with van der Waals surface area (Å²) in [6.45, 7) is 2.24. The summed E-state index contributed by atoms with van der Waals surface area (Å²) in [5, 5.41) is 12.7. The van der Waals surface area contributed by atoms with Crippen LogP contribution in [0, 0.1) is 0 Å². The summed E-state index contributed by atoms with van der Waals surface area (Å²) in [5.74, 6) is 0. The van der Waals surface area contributed by atoms with Crippen molar-refractivity contribution in [3.05, 3.63) is 42.2 Å². The number of aromatic nitrogens is 1. The third kappa shape index (κ3) is 2.16. The van der Waals surface area contributed by atoms with E-state index in [1.807, 2.05) is 31.2 Å². The highest BCUT2D eigenvalue weighted by Crippen LogP contribution is 2.31. The zero-order chi connectivity index (χ0) is 12.3. The van der Waals surface area contributed by atoms with Crippen molar-refractivity contribution in [1.29, 1.82) is 0 Å². The van der Waals surface area contributed by atoms with Gasteiger partial charge in [0.25, 0.3) is 0 Å². The van der Waals surface area contributed by atoms with Gasteiger partial charge in [-0.3, -0.25) is 4.98 Å². The van der Waals surface area contributed by atoms with E-state index in [9.17, 15) is 5.11 Å². The standard InChI is InChI=1S/C14H17NO2/c1-3-14(16,10-17-2)13-6-4-5-11-7-8-15-9-12(11)13/h4-9,16H,3,10H2,1-2H3. The van der Waals surface area contributed by atoms with Gasteiger partial charge in [0.1, 0.15) is 5.60 Å². The molecular weight excluding hydrogens is 214 g/mol. The smallest absolute Gasteiger partial charge is 0.113 e. The van der Waals surface area contributed by atoms with E-state index in [2.05, 4.69) is 4.98 Å². The van der Waals surface area contributed by atoms with E-state index in [0.717, 1.165) is 16.3 Å². The van der Waals surface area contributed by atoms with Gasteiger partial charge >= 0.3 is 0 Å². The number of methoxy groups -OCH3 is 1. The van der Waals surface area contributed by atoms with Gasteiger partial charge in [-0.05, 0) is 23.4 Å². The van der Waals surface area contributed by atoms with Crippen LogP contribution in [0.1, 0.15) is 18.9 Å². The maximum absolute atomic E-state index is 10.6. The van der Waals surface area contributed by atoms with Crippen LogP contribution in [-0.4, -0.2) is 23.8 Å². The monoisotopic (exact) mass is 231 g/mol. The maximum Gasteiger partial charge on any atom is 0.113 e. The normalized spacial score (nSPS) is 14.8. The Morgan fingerprint density at radius 3 is 2.88 bits per heavy atom. The molecule has 3 nitrogen and oxygen atoms in total. The number of ether oxygens (including phenoxy) is 1. The quantitative estimate of drug-likeness (QED) is 0.879. The van der Waals surface area contributed by atoms with Gasteiger partial charge in [0.15, 0.2) is 0 Å². The molecule has 0 saturated carbocycles. The van der Waals surface area contributed by atoms with Gasteiger partial charge < -0.3 is 9.84 Å². The van der Waals surface area contributed by atoms with Crippen molar-refractivity contribution in [2.45, 2.75) is 18.9 Å². The van der Waals surface area contributed by atoms with Gasteiger partial charge in [-0.15, -0.1) is 0 Å². The van der Waals surface area contributed by atoms with Crippen LogP contribution in [0.3, 0.4) is 0 Å². The Bertz CT molecular complexity index is 507. The molecule has 0 aliphatic rings. The van der Waals surface area contributed by atoms with Crippen molar-refractivity contribution in [3.63, 3.8) is 0 Å². The zero-order valence-electron chi connectivity index (χ0n) is 10.2. The highest BCUT2D eigenvalue weighted by Gasteiger charge is 2.28. The molecule has 1 N–H and O–H groups in total. The first-order chi connectivity index (χ1) is 8.21. The fourth-order valence-electron chi connectivity index (χ4n) is 2.13. The van der Waals surface area contributed by atoms with Crippen molar-refractivity contribution in [3.8, 4) is 0 Å². The number of hydrogen-bond acceptors (Lipinski definition) is 3. The number of rotatable bonds is 4. The Hall–Kier alpha value is -1.45. The van der Waals surface area contributed by atoms with Crippen molar-refractivity contribution in [2.24, 2.45) is 0 Å².